The van der Waals surface area contributed by atoms with Crippen LogP contribution in [0.15, 0.2) is 29.1 Å². The smallest absolute Gasteiger partial charge is 0.338 e. The van der Waals surface area contributed by atoms with Crippen molar-refractivity contribution in [2.45, 2.75) is 13.5 Å². The molecular weight excluding hydrogens is 364 g/mol. The number of nitro benzene ring substituents is 1. The van der Waals surface area contributed by atoms with Crippen molar-refractivity contribution in [1.82, 2.24) is 14.6 Å². The Hall–Kier alpha value is -3.34. The number of hydrogen-bond donors (Lipinski definition) is 0. The number of carbonyl (C=O) groups is 1. The van der Waals surface area contributed by atoms with Gasteiger partial charge in [0.25, 0.3) is 5.56 Å². The largest absolute Gasteiger partial charge is 0.480 e. The summed E-state index contributed by atoms with van der Waals surface area (Å²) in [6.45, 7) is 1.60. The minimum absolute atomic E-state index is 0.0319. The predicted molar refractivity (Wildman–Crippen MR) is 90.6 cm³/mol. The highest BCUT2D eigenvalue weighted by Crippen LogP contribution is 2.29. The number of benzene rings is 1. The zero-order chi connectivity index (χ0) is 18.8. The summed E-state index contributed by atoms with van der Waals surface area (Å²) in [7, 11) is 1.18. The lowest BCUT2D eigenvalue weighted by atomic mass is 10.2. The molecule has 0 saturated heterocycles. The molecule has 0 radical (unpaired) electrons. The number of fused-ring (bicyclic) bond motifs is 1. The lowest BCUT2D eigenvalue weighted by Crippen LogP contribution is -2.16. The summed E-state index contributed by atoms with van der Waals surface area (Å²) in [6.07, 6.45) is 0. The van der Waals surface area contributed by atoms with Gasteiger partial charge in [-0.25, -0.2) is 9.78 Å². The second-order valence-electron chi connectivity index (χ2n) is 5.12. The molecule has 3 rings (SSSR count). The summed E-state index contributed by atoms with van der Waals surface area (Å²) < 4.78 is 11.2. The van der Waals surface area contributed by atoms with Gasteiger partial charge in [0.1, 0.15) is 11.6 Å². The molecule has 0 bridgehead atoms. The number of aryl methyl sites for hydroxylation is 1. The first-order valence-electron chi connectivity index (χ1n) is 7.25. The van der Waals surface area contributed by atoms with Crippen LogP contribution >= 0.6 is 11.3 Å². The van der Waals surface area contributed by atoms with Crippen molar-refractivity contribution in [2.75, 3.05) is 7.11 Å². The van der Waals surface area contributed by atoms with Crippen LogP contribution < -0.4 is 10.3 Å². The Morgan fingerprint density at radius 3 is 2.85 bits per heavy atom. The average Bonchev–Trinajstić information content (AvgIpc) is 3.00. The third kappa shape index (κ3) is 3.37. The summed E-state index contributed by atoms with van der Waals surface area (Å²) in [4.78, 5) is 38.7. The lowest BCUT2D eigenvalue weighted by molar-refractivity contribution is -0.386. The lowest BCUT2D eigenvalue weighted by Gasteiger charge is -2.07. The average molecular weight is 376 g/mol. The molecule has 0 aliphatic heterocycles. The summed E-state index contributed by atoms with van der Waals surface area (Å²) in [6, 6.07) is 4.97. The van der Waals surface area contributed by atoms with Crippen molar-refractivity contribution >= 4 is 28.0 Å². The zero-order valence-corrected chi connectivity index (χ0v) is 14.5. The number of rotatable bonds is 5. The van der Waals surface area contributed by atoms with E-state index in [2.05, 4.69) is 14.8 Å². The Kier molecular flexibility index (Phi) is 4.63. The number of esters is 1. The van der Waals surface area contributed by atoms with E-state index in [0.29, 0.717) is 15.7 Å². The standard InChI is InChI=1S/C15H12N4O6S/c1-8-17-18-13(20)6-10(16-15(18)26-8)7-25-12-4-3-9(14(21)24-2)5-11(12)19(22)23/h3-6H,7H2,1-2H3. The molecule has 2 heterocycles. The Balaban J connectivity index is 1.88. The number of nitrogens with zero attached hydrogens (tertiary/aromatic N) is 4. The second kappa shape index (κ2) is 6.88. The Bertz CT molecular complexity index is 1070. The number of nitro groups is 1. The molecule has 0 aliphatic carbocycles. The van der Waals surface area contributed by atoms with Crippen molar-refractivity contribution in [3.8, 4) is 5.75 Å². The van der Waals surface area contributed by atoms with Gasteiger partial charge in [-0.15, -0.1) is 0 Å². The molecule has 3 aromatic rings. The molecular formula is C15H12N4O6S. The topological polar surface area (TPSA) is 126 Å². The number of carbonyl (C=O) groups excluding carboxylic acids is 1. The maximum atomic E-state index is 12.0. The van der Waals surface area contributed by atoms with E-state index in [1.165, 1.54) is 41.2 Å². The fraction of sp³-hybridized carbons (Fsp3) is 0.200. The molecule has 11 heteroatoms. The molecule has 10 nitrogen and oxygen atoms in total. The molecule has 0 saturated carbocycles. The van der Waals surface area contributed by atoms with Crippen LogP contribution in [0.2, 0.25) is 0 Å². The van der Waals surface area contributed by atoms with E-state index in [4.69, 9.17) is 4.74 Å². The number of methoxy groups -OCH3 is 1. The van der Waals surface area contributed by atoms with Crippen LogP contribution in [-0.2, 0) is 11.3 Å². The summed E-state index contributed by atoms with van der Waals surface area (Å²) in [5.41, 5.74) is -0.415. The first kappa shape index (κ1) is 17.5. The fourth-order valence-corrected chi connectivity index (χ4v) is 2.97. The van der Waals surface area contributed by atoms with Crippen molar-refractivity contribution in [1.29, 1.82) is 0 Å². The molecule has 26 heavy (non-hydrogen) atoms. The van der Waals surface area contributed by atoms with E-state index in [0.717, 1.165) is 6.07 Å². The van der Waals surface area contributed by atoms with Crippen molar-refractivity contribution in [3.05, 3.63) is 61.0 Å². The van der Waals surface area contributed by atoms with E-state index >= 15 is 0 Å². The normalized spacial score (nSPS) is 10.7. The molecule has 2 aromatic heterocycles. The SMILES string of the molecule is COC(=O)c1ccc(OCc2cc(=O)n3nc(C)sc3n2)c([N+](=O)[O-])c1. The second-order valence-corrected chi connectivity index (χ2v) is 6.28. The van der Waals surface area contributed by atoms with Crippen LogP contribution in [0.4, 0.5) is 5.69 Å². The summed E-state index contributed by atoms with van der Waals surface area (Å²) in [5, 5.41) is 15.9. The van der Waals surface area contributed by atoms with E-state index in [-0.39, 0.29) is 29.2 Å². The molecule has 0 amide bonds. The predicted octanol–water partition coefficient (Wildman–Crippen LogP) is 1.73. The molecule has 0 aliphatic rings. The molecule has 1 aromatic carbocycles. The summed E-state index contributed by atoms with van der Waals surface area (Å²) in [5.74, 6) is -0.745. The molecule has 0 N–H and O–H groups in total. The molecule has 0 fully saturated rings. The highest BCUT2D eigenvalue weighted by molar-refractivity contribution is 7.16. The van der Waals surface area contributed by atoms with Gasteiger partial charge >= 0.3 is 11.7 Å². The Morgan fingerprint density at radius 2 is 2.15 bits per heavy atom. The fourth-order valence-electron chi connectivity index (χ4n) is 2.20. The quantitative estimate of drug-likeness (QED) is 0.374. The van der Waals surface area contributed by atoms with Crippen LogP contribution in [0.25, 0.3) is 4.96 Å². The maximum Gasteiger partial charge on any atom is 0.338 e. The van der Waals surface area contributed by atoms with Crippen LogP contribution in [0.3, 0.4) is 0 Å². The van der Waals surface area contributed by atoms with Crippen molar-refractivity contribution in [3.63, 3.8) is 0 Å². The number of aromatic nitrogens is 3. The molecule has 0 spiro atoms. The van der Waals surface area contributed by atoms with Gasteiger partial charge in [0.15, 0.2) is 5.75 Å². The maximum absolute atomic E-state index is 12.0. The molecule has 0 unspecified atom stereocenters. The number of hydrogen-bond acceptors (Lipinski definition) is 9. The van der Waals surface area contributed by atoms with Crippen molar-refractivity contribution in [2.24, 2.45) is 0 Å². The summed E-state index contributed by atoms with van der Waals surface area (Å²) >= 11 is 1.24. The Labute approximate surface area is 149 Å². The van der Waals surface area contributed by atoms with Gasteiger partial charge in [-0.2, -0.15) is 9.61 Å². The van der Waals surface area contributed by atoms with E-state index < -0.39 is 10.9 Å². The minimum Gasteiger partial charge on any atom is -0.480 e. The van der Waals surface area contributed by atoms with E-state index in [1.54, 1.807) is 6.92 Å². The van der Waals surface area contributed by atoms with Crippen molar-refractivity contribution < 1.29 is 19.2 Å². The molecule has 0 atom stereocenters. The molecule has 134 valence electrons. The third-order valence-electron chi connectivity index (χ3n) is 3.35. The van der Waals surface area contributed by atoms with Gasteiger partial charge in [0.2, 0.25) is 4.96 Å². The minimum atomic E-state index is -0.694. The van der Waals surface area contributed by atoms with Gasteiger partial charge in [0.05, 0.1) is 23.3 Å². The van der Waals surface area contributed by atoms with Crippen LogP contribution in [0.5, 0.6) is 5.75 Å². The van der Waals surface area contributed by atoms with Gasteiger partial charge < -0.3 is 9.47 Å². The van der Waals surface area contributed by atoms with Crippen LogP contribution in [0.1, 0.15) is 21.1 Å². The van der Waals surface area contributed by atoms with Crippen LogP contribution in [0, 0.1) is 17.0 Å². The van der Waals surface area contributed by atoms with Gasteiger partial charge in [-0.3, -0.25) is 14.9 Å². The highest BCUT2D eigenvalue weighted by Gasteiger charge is 2.19. The third-order valence-corrected chi connectivity index (χ3v) is 4.18. The zero-order valence-electron chi connectivity index (χ0n) is 13.7. The first-order valence-corrected chi connectivity index (χ1v) is 8.06. The highest BCUT2D eigenvalue weighted by atomic mass is 32.1. The van der Waals surface area contributed by atoms with Gasteiger partial charge in [0, 0.05) is 12.1 Å². The van der Waals surface area contributed by atoms with E-state index in [1.807, 2.05) is 0 Å². The first-order chi connectivity index (χ1) is 12.4. The number of ether oxygens (including phenoxy) is 2. The Morgan fingerprint density at radius 1 is 1.38 bits per heavy atom. The van der Waals surface area contributed by atoms with Gasteiger partial charge in [-0.05, 0) is 19.1 Å². The van der Waals surface area contributed by atoms with E-state index in [9.17, 15) is 19.7 Å². The van der Waals surface area contributed by atoms with Gasteiger partial charge in [-0.1, -0.05) is 11.3 Å². The monoisotopic (exact) mass is 376 g/mol. The van der Waals surface area contributed by atoms with Crippen LogP contribution in [-0.4, -0.2) is 32.6 Å².